The number of carboxylic acid groups (broad SMARTS) is 1. The van der Waals surface area contributed by atoms with Crippen molar-refractivity contribution < 1.29 is 14.3 Å². The second-order valence-electron chi connectivity index (χ2n) is 4.56. The smallest absolute Gasteiger partial charge is 0.339 e. The number of furan rings is 1. The van der Waals surface area contributed by atoms with E-state index in [-0.39, 0.29) is 5.56 Å². The fraction of sp³-hybridized carbons (Fsp3) is 0.0625. The molecule has 21 heavy (non-hydrogen) atoms. The Hall–Kier alpha value is -2.40. The molecule has 1 heterocycles. The maximum absolute atomic E-state index is 11.5. The molecule has 0 saturated carbocycles. The zero-order valence-corrected chi connectivity index (χ0v) is 11.9. The summed E-state index contributed by atoms with van der Waals surface area (Å²) >= 11 is 1.52. The van der Waals surface area contributed by atoms with E-state index < -0.39 is 5.97 Å². The number of nitrogens with two attached hydrogens (primary N) is 1. The van der Waals surface area contributed by atoms with Gasteiger partial charge in [0, 0.05) is 16.0 Å². The van der Waals surface area contributed by atoms with Gasteiger partial charge in [0.15, 0.2) is 0 Å². The molecule has 0 amide bonds. The third kappa shape index (κ3) is 2.73. The Labute approximate surface area is 125 Å². The summed E-state index contributed by atoms with van der Waals surface area (Å²) in [6, 6.07) is 14.6. The van der Waals surface area contributed by atoms with E-state index in [0.29, 0.717) is 28.2 Å². The number of hydrogen-bond donors (Lipinski definition) is 2. The summed E-state index contributed by atoms with van der Waals surface area (Å²) in [6.45, 7) is 0. The van der Waals surface area contributed by atoms with Gasteiger partial charge in [0.05, 0.1) is 5.75 Å². The van der Waals surface area contributed by atoms with E-state index >= 15 is 0 Å². The minimum atomic E-state index is -0.965. The lowest BCUT2D eigenvalue weighted by atomic mass is 10.1. The fourth-order valence-electron chi connectivity index (χ4n) is 2.15. The molecule has 0 fully saturated rings. The van der Waals surface area contributed by atoms with Gasteiger partial charge >= 0.3 is 5.97 Å². The number of anilines is 1. The second kappa shape index (κ2) is 5.54. The van der Waals surface area contributed by atoms with Crippen LogP contribution in [0.5, 0.6) is 0 Å². The van der Waals surface area contributed by atoms with Crippen LogP contribution in [0.2, 0.25) is 0 Å². The van der Waals surface area contributed by atoms with Gasteiger partial charge in [0.25, 0.3) is 0 Å². The van der Waals surface area contributed by atoms with Gasteiger partial charge in [0.2, 0.25) is 0 Å². The highest BCUT2D eigenvalue weighted by Gasteiger charge is 2.19. The number of nitrogen functional groups attached to an aromatic ring is 1. The molecule has 0 saturated heterocycles. The topological polar surface area (TPSA) is 76.5 Å². The molecule has 0 aliphatic carbocycles. The van der Waals surface area contributed by atoms with E-state index in [1.54, 1.807) is 18.2 Å². The number of carbonyl (C=O) groups is 1. The monoisotopic (exact) mass is 299 g/mol. The predicted molar refractivity (Wildman–Crippen MR) is 83.6 cm³/mol. The van der Waals surface area contributed by atoms with Crippen LogP contribution in [-0.4, -0.2) is 11.1 Å². The van der Waals surface area contributed by atoms with E-state index in [9.17, 15) is 9.90 Å². The summed E-state index contributed by atoms with van der Waals surface area (Å²) in [5.74, 6) is -0.0290. The zero-order chi connectivity index (χ0) is 14.8. The van der Waals surface area contributed by atoms with E-state index in [2.05, 4.69) is 0 Å². The summed E-state index contributed by atoms with van der Waals surface area (Å²) in [7, 11) is 0. The molecule has 0 bridgehead atoms. The molecule has 3 N–H and O–H groups in total. The number of benzene rings is 2. The first-order valence-electron chi connectivity index (χ1n) is 6.37. The van der Waals surface area contributed by atoms with Gasteiger partial charge in [-0.05, 0) is 30.3 Å². The molecule has 0 aliphatic heterocycles. The van der Waals surface area contributed by atoms with Crippen LogP contribution in [0.25, 0.3) is 11.0 Å². The number of aromatic carboxylic acids is 1. The molecule has 3 aromatic rings. The van der Waals surface area contributed by atoms with Gasteiger partial charge in [-0.25, -0.2) is 4.79 Å². The Morgan fingerprint density at radius 1 is 1.14 bits per heavy atom. The summed E-state index contributed by atoms with van der Waals surface area (Å²) in [5.41, 5.74) is 7.19. The van der Waals surface area contributed by atoms with Crippen LogP contribution in [0.4, 0.5) is 5.69 Å². The van der Waals surface area contributed by atoms with Crippen LogP contribution >= 0.6 is 11.8 Å². The summed E-state index contributed by atoms with van der Waals surface area (Å²) in [6.07, 6.45) is 0. The van der Waals surface area contributed by atoms with Crippen molar-refractivity contribution >= 4 is 34.4 Å². The van der Waals surface area contributed by atoms with Gasteiger partial charge in [-0.15, -0.1) is 11.8 Å². The van der Waals surface area contributed by atoms with Crippen LogP contribution < -0.4 is 5.73 Å². The van der Waals surface area contributed by atoms with Gasteiger partial charge < -0.3 is 15.3 Å². The van der Waals surface area contributed by atoms with E-state index in [1.807, 2.05) is 30.3 Å². The van der Waals surface area contributed by atoms with Crippen LogP contribution in [0, 0.1) is 0 Å². The summed E-state index contributed by atoms with van der Waals surface area (Å²) in [5, 5.41) is 10.0. The lowest BCUT2D eigenvalue weighted by Gasteiger charge is -2.01. The van der Waals surface area contributed by atoms with E-state index in [1.165, 1.54) is 11.8 Å². The highest BCUT2D eigenvalue weighted by Crippen LogP contribution is 2.31. The van der Waals surface area contributed by atoms with Crippen LogP contribution in [0.15, 0.2) is 57.8 Å². The molecule has 0 aliphatic rings. The third-order valence-electron chi connectivity index (χ3n) is 3.13. The Kier molecular flexibility index (Phi) is 3.58. The van der Waals surface area contributed by atoms with Crippen molar-refractivity contribution in [2.75, 3.05) is 5.73 Å². The molecule has 4 nitrogen and oxygen atoms in total. The number of hydrogen-bond acceptors (Lipinski definition) is 4. The maximum atomic E-state index is 11.5. The minimum absolute atomic E-state index is 0.244. The second-order valence-corrected chi connectivity index (χ2v) is 5.61. The SMILES string of the molecule is Nc1ccc(SCc2oc3ccccc3c2C(=O)O)cc1. The van der Waals surface area contributed by atoms with Crippen molar-refractivity contribution in [3.05, 3.63) is 59.9 Å². The fourth-order valence-corrected chi connectivity index (χ4v) is 2.97. The molecule has 0 spiro atoms. The van der Waals surface area contributed by atoms with E-state index in [0.717, 1.165) is 4.90 Å². The first kappa shape index (κ1) is 13.6. The Bertz CT molecular complexity index is 793. The first-order valence-corrected chi connectivity index (χ1v) is 7.36. The molecule has 0 unspecified atom stereocenters. The molecule has 5 heteroatoms. The van der Waals surface area contributed by atoms with Crippen LogP contribution in [0.3, 0.4) is 0 Å². The summed E-state index contributed by atoms with van der Waals surface area (Å²) in [4.78, 5) is 12.5. The largest absolute Gasteiger partial charge is 0.478 e. The van der Waals surface area contributed by atoms with Crippen molar-refractivity contribution in [1.29, 1.82) is 0 Å². The molecule has 0 atom stereocenters. The van der Waals surface area contributed by atoms with Crippen molar-refractivity contribution in [3.63, 3.8) is 0 Å². The average molecular weight is 299 g/mol. The zero-order valence-electron chi connectivity index (χ0n) is 11.1. The molecule has 3 rings (SSSR count). The van der Waals surface area contributed by atoms with Gasteiger partial charge in [0.1, 0.15) is 16.9 Å². The van der Waals surface area contributed by atoms with E-state index in [4.69, 9.17) is 10.2 Å². The third-order valence-corrected chi connectivity index (χ3v) is 4.14. The molecule has 0 radical (unpaired) electrons. The number of carboxylic acids is 1. The lowest BCUT2D eigenvalue weighted by molar-refractivity contribution is 0.0697. The highest BCUT2D eigenvalue weighted by molar-refractivity contribution is 7.98. The maximum Gasteiger partial charge on any atom is 0.339 e. The normalized spacial score (nSPS) is 10.9. The van der Waals surface area contributed by atoms with Crippen molar-refractivity contribution in [3.8, 4) is 0 Å². The van der Waals surface area contributed by atoms with Crippen molar-refractivity contribution in [2.24, 2.45) is 0 Å². The quantitative estimate of drug-likeness (QED) is 0.562. The molecule has 2 aromatic carbocycles. The Morgan fingerprint density at radius 2 is 1.86 bits per heavy atom. The van der Waals surface area contributed by atoms with Gasteiger partial charge in [-0.3, -0.25) is 0 Å². The Morgan fingerprint density at radius 3 is 2.57 bits per heavy atom. The first-order chi connectivity index (χ1) is 10.1. The van der Waals surface area contributed by atoms with Crippen molar-refractivity contribution in [1.82, 2.24) is 0 Å². The number of thioether (sulfide) groups is 1. The lowest BCUT2D eigenvalue weighted by Crippen LogP contribution is -1.98. The average Bonchev–Trinajstić information content (AvgIpc) is 2.85. The molecule has 106 valence electrons. The molecular formula is C16H13NO3S. The number of rotatable bonds is 4. The van der Waals surface area contributed by atoms with Gasteiger partial charge in [-0.2, -0.15) is 0 Å². The number of para-hydroxylation sites is 1. The summed E-state index contributed by atoms with van der Waals surface area (Å²) < 4.78 is 5.68. The molecule has 1 aromatic heterocycles. The van der Waals surface area contributed by atoms with Crippen LogP contribution in [0.1, 0.15) is 16.1 Å². The highest BCUT2D eigenvalue weighted by atomic mass is 32.2. The minimum Gasteiger partial charge on any atom is -0.478 e. The standard InChI is InChI=1S/C16H13NO3S/c17-10-5-7-11(8-6-10)21-9-14-15(16(18)19)12-3-1-2-4-13(12)20-14/h1-8H,9,17H2,(H,18,19). The Balaban J connectivity index is 1.91. The number of fused-ring (bicyclic) bond motifs is 1. The van der Waals surface area contributed by atoms with Crippen molar-refractivity contribution in [2.45, 2.75) is 10.6 Å². The predicted octanol–water partition coefficient (Wildman–Crippen LogP) is 4.01. The molecular weight excluding hydrogens is 286 g/mol. The van der Waals surface area contributed by atoms with Crippen LogP contribution in [-0.2, 0) is 5.75 Å². The van der Waals surface area contributed by atoms with Gasteiger partial charge in [-0.1, -0.05) is 18.2 Å².